The molecule has 1 amide bonds. The van der Waals surface area contributed by atoms with Crippen LogP contribution in [0.5, 0.6) is 0 Å². The molecular weight excluding hydrogens is 334 g/mol. The SMILES string of the molecule is CCSc1nnc(NC(=O)c2nnn(-c3ccccc3)c2N)s1. The highest BCUT2D eigenvalue weighted by Gasteiger charge is 2.19. The molecule has 2 heterocycles. The molecule has 0 unspecified atom stereocenters. The average molecular weight is 347 g/mol. The van der Waals surface area contributed by atoms with Crippen LogP contribution in [0.2, 0.25) is 0 Å². The van der Waals surface area contributed by atoms with E-state index in [-0.39, 0.29) is 11.5 Å². The molecule has 0 radical (unpaired) electrons. The van der Waals surface area contributed by atoms with Crippen molar-refractivity contribution in [2.24, 2.45) is 0 Å². The highest BCUT2D eigenvalue weighted by atomic mass is 32.2. The minimum atomic E-state index is -0.464. The van der Waals surface area contributed by atoms with E-state index in [0.29, 0.717) is 5.13 Å². The van der Waals surface area contributed by atoms with Crippen LogP contribution in [0.1, 0.15) is 17.4 Å². The fourth-order valence-corrected chi connectivity index (χ4v) is 3.45. The number of carbonyl (C=O) groups is 1. The van der Waals surface area contributed by atoms with Gasteiger partial charge in [0.1, 0.15) is 0 Å². The van der Waals surface area contributed by atoms with E-state index >= 15 is 0 Å². The first-order valence-corrected chi connectivity index (χ1v) is 8.53. The Hall–Kier alpha value is -2.46. The first-order valence-electron chi connectivity index (χ1n) is 6.73. The van der Waals surface area contributed by atoms with Crippen molar-refractivity contribution < 1.29 is 4.79 Å². The summed E-state index contributed by atoms with van der Waals surface area (Å²) in [6.45, 7) is 2.02. The molecule has 8 nitrogen and oxygen atoms in total. The summed E-state index contributed by atoms with van der Waals surface area (Å²) < 4.78 is 2.21. The number of nitrogens with two attached hydrogens (primary N) is 1. The largest absolute Gasteiger partial charge is 0.382 e. The highest BCUT2D eigenvalue weighted by Crippen LogP contribution is 2.25. The van der Waals surface area contributed by atoms with Gasteiger partial charge in [0.2, 0.25) is 5.13 Å². The molecule has 118 valence electrons. The van der Waals surface area contributed by atoms with Crippen LogP contribution in [0.3, 0.4) is 0 Å². The van der Waals surface area contributed by atoms with Gasteiger partial charge in [-0.05, 0) is 17.9 Å². The van der Waals surface area contributed by atoms with E-state index in [2.05, 4.69) is 25.8 Å². The summed E-state index contributed by atoms with van der Waals surface area (Å²) in [5.74, 6) is 0.594. The summed E-state index contributed by atoms with van der Waals surface area (Å²) >= 11 is 2.86. The second kappa shape index (κ2) is 6.75. The van der Waals surface area contributed by atoms with Gasteiger partial charge in [-0.25, -0.2) is 0 Å². The molecule has 3 aromatic rings. The first kappa shape index (κ1) is 15.4. The number of nitrogens with one attached hydrogen (secondary N) is 1. The fourth-order valence-electron chi connectivity index (χ4n) is 1.81. The lowest BCUT2D eigenvalue weighted by Gasteiger charge is -2.02. The summed E-state index contributed by atoms with van der Waals surface area (Å²) in [6.07, 6.45) is 0. The number of benzene rings is 1. The Labute approximate surface area is 140 Å². The lowest BCUT2D eigenvalue weighted by Crippen LogP contribution is -2.15. The fraction of sp³-hybridized carbons (Fsp3) is 0.154. The van der Waals surface area contributed by atoms with Crippen molar-refractivity contribution in [3.8, 4) is 5.69 Å². The van der Waals surface area contributed by atoms with E-state index in [1.807, 2.05) is 37.3 Å². The maximum Gasteiger partial charge on any atom is 0.281 e. The Morgan fingerprint density at radius 3 is 2.83 bits per heavy atom. The van der Waals surface area contributed by atoms with Crippen molar-refractivity contribution in [2.45, 2.75) is 11.3 Å². The lowest BCUT2D eigenvalue weighted by molar-refractivity contribution is 0.102. The third-order valence-electron chi connectivity index (χ3n) is 2.82. The summed E-state index contributed by atoms with van der Waals surface area (Å²) in [7, 11) is 0. The van der Waals surface area contributed by atoms with E-state index in [1.165, 1.54) is 16.0 Å². The molecule has 0 saturated carbocycles. The van der Waals surface area contributed by atoms with Gasteiger partial charge < -0.3 is 5.73 Å². The van der Waals surface area contributed by atoms with E-state index in [0.717, 1.165) is 15.8 Å². The molecule has 0 spiro atoms. The number of thioether (sulfide) groups is 1. The minimum absolute atomic E-state index is 0.0498. The van der Waals surface area contributed by atoms with Gasteiger partial charge in [0, 0.05) is 0 Å². The number of para-hydroxylation sites is 1. The van der Waals surface area contributed by atoms with Crippen LogP contribution in [0, 0.1) is 0 Å². The van der Waals surface area contributed by atoms with Crippen molar-refractivity contribution in [1.29, 1.82) is 0 Å². The Morgan fingerprint density at radius 2 is 2.09 bits per heavy atom. The van der Waals surface area contributed by atoms with Crippen molar-refractivity contribution in [3.63, 3.8) is 0 Å². The topological polar surface area (TPSA) is 112 Å². The van der Waals surface area contributed by atoms with Crippen molar-refractivity contribution >= 4 is 40.0 Å². The number of rotatable bonds is 5. The zero-order chi connectivity index (χ0) is 16.2. The van der Waals surface area contributed by atoms with Crippen LogP contribution in [-0.2, 0) is 0 Å². The number of carbonyl (C=O) groups excluding carboxylic acids is 1. The molecule has 0 saturated heterocycles. The van der Waals surface area contributed by atoms with Crippen molar-refractivity contribution in [3.05, 3.63) is 36.0 Å². The van der Waals surface area contributed by atoms with Crippen LogP contribution in [0.15, 0.2) is 34.7 Å². The predicted octanol–water partition coefficient (Wildman–Crippen LogP) is 2.07. The molecule has 0 aliphatic rings. The standard InChI is InChI=1S/C13H13N7OS2/c1-2-22-13-18-17-12(23-13)15-11(21)9-10(14)20(19-16-9)8-6-4-3-5-7-8/h3-7H,2,14H2,1H3,(H,15,17,21). The number of aromatic nitrogens is 5. The summed E-state index contributed by atoms with van der Waals surface area (Å²) in [5, 5.41) is 18.7. The van der Waals surface area contributed by atoms with E-state index in [9.17, 15) is 4.79 Å². The maximum atomic E-state index is 12.3. The number of nitrogen functional groups attached to an aromatic ring is 1. The van der Waals surface area contributed by atoms with Gasteiger partial charge in [-0.15, -0.1) is 15.3 Å². The normalized spacial score (nSPS) is 10.7. The Balaban J connectivity index is 1.79. The monoisotopic (exact) mass is 347 g/mol. The Bertz CT molecular complexity index is 815. The Kier molecular flexibility index (Phi) is 4.53. The van der Waals surface area contributed by atoms with Crippen molar-refractivity contribution in [2.75, 3.05) is 16.8 Å². The van der Waals surface area contributed by atoms with Gasteiger partial charge in [-0.1, -0.05) is 53.4 Å². The average Bonchev–Trinajstić information content (AvgIpc) is 3.15. The van der Waals surface area contributed by atoms with E-state index in [4.69, 9.17) is 5.73 Å². The molecule has 0 atom stereocenters. The summed E-state index contributed by atoms with van der Waals surface area (Å²) in [6, 6.07) is 9.23. The van der Waals surface area contributed by atoms with Gasteiger partial charge in [0.05, 0.1) is 5.69 Å². The van der Waals surface area contributed by atoms with Crippen molar-refractivity contribution in [1.82, 2.24) is 25.2 Å². The van der Waals surface area contributed by atoms with Gasteiger partial charge >= 0.3 is 0 Å². The molecule has 1 aromatic carbocycles. The molecule has 0 aliphatic carbocycles. The quantitative estimate of drug-likeness (QED) is 0.536. The van der Waals surface area contributed by atoms with E-state index < -0.39 is 5.91 Å². The first-order chi connectivity index (χ1) is 11.2. The molecule has 2 aromatic heterocycles. The molecule has 3 rings (SSSR count). The molecule has 0 fully saturated rings. The molecule has 23 heavy (non-hydrogen) atoms. The number of hydrogen-bond acceptors (Lipinski definition) is 8. The molecular formula is C13H13N7OS2. The second-order valence-electron chi connectivity index (χ2n) is 4.33. The highest BCUT2D eigenvalue weighted by molar-refractivity contribution is 8.01. The molecule has 3 N–H and O–H groups in total. The van der Waals surface area contributed by atoms with Crippen LogP contribution in [0.25, 0.3) is 5.69 Å². The number of hydrogen-bond donors (Lipinski definition) is 2. The smallest absolute Gasteiger partial charge is 0.281 e. The van der Waals surface area contributed by atoms with Gasteiger partial charge in [0.15, 0.2) is 15.9 Å². The Morgan fingerprint density at radius 1 is 1.30 bits per heavy atom. The molecule has 10 heteroatoms. The van der Waals surface area contributed by atoms with Crippen LogP contribution < -0.4 is 11.1 Å². The predicted molar refractivity (Wildman–Crippen MR) is 90.0 cm³/mol. The number of anilines is 2. The van der Waals surface area contributed by atoms with Gasteiger partial charge in [-0.2, -0.15) is 4.68 Å². The molecule has 0 bridgehead atoms. The second-order valence-corrected chi connectivity index (χ2v) is 6.82. The lowest BCUT2D eigenvalue weighted by atomic mass is 10.3. The van der Waals surface area contributed by atoms with E-state index in [1.54, 1.807) is 11.8 Å². The third-order valence-corrected chi connectivity index (χ3v) is 4.67. The van der Waals surface area contributed by atoms with Crippen LogP contribution in [0.4, 0.5) is 10.9 Å². The van der Waals surface area contributed by atoms with Crippen LogP contribution >= 0.6 is 23.1 Å². The van der Waals surface area contributed by atoms with Crippen LogP contribution in [-0.4, -0.2) is 36.9 Å². The summed E-state index contributed by atoms with van der Waals surface area (Å²) in [4.78, 5) is 12.3. The molecule has 0 aliphatic heterocycles. The summed E-state index contributed by atoms with van der Waals surface area (Å²) in [5.41, 5.74) is 6.76. The minimum Gasteiger partial charge on any atom is -0.382 e. The van der Waals surface area contributed by atoms with Gasteiger partial charge in [0.25, 0.3) is 5.91 Å². The zero-order valence-corrected chi connectivity index (χ0v) is 13.8. The van der Waals surface area contributed by atoms with Gasteiger partial charge in [-0.3, -0.25) is 10.1 Å². The maximum absolute atomic E-state index is 12.3. The number of nitrogens with zero attached hydrogens (tertiary/aromatic N) is 5. The number of amides is 1. The zero-order valence-electron chi connectivity index (χ0n) is 12.1. The third kappa shape index (κ3) is 3.32.